The number of halogens is 3. The monoisotopic (exact) mass is 500 g/mol. The number of thioether (sulfide) groups is 1. The highest BCUT2D eigenvalue weighted by atomic mass is 32.2. The lowest BCUT2D eigenvalue weighted by molar-refractivity contribution is -0.138. The van der Waals surface area contributed by atoms with Crippen LogP contribution in [0.5, 0.6) is 0 Å². The maximum atomic E-state index is 13.3. The molecule has 0 aliphatic carbocycles. The molecule has 33 heavy (non-hydrogen) atoms. The van der Waals surface area contributed by atoms with E-state index < -0.39 is 44.4 Å². The number of nitrogens with one attached hydrogen (secondary N) is 2. The van der Waals surface area contributed by atoms with Crippen molar-refractivity contribution in [3.8, 4) is 6.07 Å². The third kappa shape index (κ3) is 6.69. The molecule has 0 radical (unpaired) electrons. The van der Waals surface area contributed by atoms with Gasteiger partial charge in [-0.3, -0.25) is 9.59 Å². The zero-order chi connectivity index (χ0) is 25.0. The standard InChI is InChI=1S/C20H19F3N4O4S2/c1-4-17(32-19-15(10-24)16(20(21,22)23)9-11(2)25-19)18(29)26-13-5-7-14(8-6-13)33(30,31)27-12(3)28/h5-9,17H,4H2,1-3H3,(H,26,29)(H,27,28)/t17-/m1/s1. The number of anilines is 1. The summed E-state index contributed by atoms with van der Waals surface area (Å²) in [5.41, 5.74) is -1.49. The quantitative estimate of drug-likeness (QED) is 0.556. The number of hydrogen-bond donors (Lipinski definition) is 2. The maximum Gasteiger partial charge on any atom is 0.417 e. The van der Waals surface area contributed by atoms with Crippen LogP contribution in [0.2, 0.25) is 0 Å². The van der Waals surface area contributed by atoms with E-state index in [1.165, 1.54) is 37.3 Å². The van der Waals surface area contributed by atoms with E-state index in [1.54, 1.807) is 6.92 Å². The van der Waals surface area contributed by atoms with E-state index in [1.807, 2.05) is 4.72 Å². The van der Waals surface area contributed by atoms with Gasteiger partial charge >= 0.3 is 6.18 Å². The Hall–Kier alpha value is -3.11. The van der Waals surface area contributed by atoms with Gasteiger partial charge in [0, 0.05) is 18.3 Å². The van der Waals surface area contributed by atoms with Gasteiger partial charge in [0.25, 0.3) is 10.0 Å². The average Bonchev–Trinajstić information content (AvgIpc) is 2.70. The van der Waals surface area contributed by atoms with Gasteiger partial charge in [-0.2, -0.15) is 18.4 Å². The SMILES string of the molecule is CC[C@@H](Sc1nc(C)cc(C(F)(F)F)c1C#N)C(=O)Nc1ccc(S(=O)(=O)NC(C)=O)cc1. The van der Waals surface area contributed by atoms with Crippen molar-refractivity contribution >= 4 is 39.3 Å². The van der Waals surface area contributed by atoms with Gasteiger partial charge < -0.3 is 5.32 Å². The number of hydrogen-bond acceptors (Lipinski definition) is 7. The van der Waals surface area contributed by atoms with Crippen molar-refractivity contribution in [2.75, 3.05) is 5.32 Å². The van der Waals surface area contributed by atoms with Gasteiger partial charge in [0.05, 0.1) is 21.3 Å². The largest absolute Gasteiger partial charge is 0.417 e. The first kappa shape index (κ1) is 26.1. The zero-order valence-corrected chi connectivity index (χ0v) is 19.3. The Kier molecular flexibility index (Phi) is 8.10. The summed E-state index contributed by atoms with van der Waals surface area (Å²) in [5.74, 6) is -1.33. The van der Waals surface area contributed by atoms with Gasteiger partial charge in [-0.1, -0.05) is 18.7 Å². The molecule has 0 bridgehead atoms. The Balaban J connectivity index is 2.25. The van der Waals surface area contributed by atoms with E-state index in [2.05, 4.69) is 10.3 Å². The number of nitrogens with zero attached hydrogens (tertiary/aromatic N) is 2. The van der Waals surface area contributed by atoms with E-state index >= 15 is 0 Å². The fourth-order valence-corrected chi connectivity index (χ4v) is 4.77. The third-order valence-electron chi connectivity index (χ3n) is 4.16. The van der Waals surface area contributed by atoms with Crippen molar-refractivity contribution in [3.63, 3.8) is 0 Å². The van der Waals surface area contributed by atoms with Crippen molar-refractivity contribution in [2.45, 2.75) is 48.5 Å². The lowest BCUT2D eigenvalue weighted by Gasteiger charge is -2.17. The Morgan fingerprint density at radius 1 is 1.24 bits per heavy atom. The molecule has 2 N–H and O–H groups in total. The summed E-state index contributed by atoms with van der Waals surface area (Å²) in [6.07, 6.45) is -4.54. The number of aromatic nitrogens is 1. The van der Waals surface area contributed by atoms with Crippen molar-refractivity contribution in [3.05, 3.63) is 47.2 Å². The minimum atomic E-state index is -4.75. The summed E-state index contributed by atoms with van der Waals surface area (Å²) in [6, 6.07) is 7.27. The second kappa shape index (κ2) is 10.2. The van der Waals surface area contributed by atoms with E-state index in [0.717, 1.165) is 24.8 Å². The summed E-state index contributed by atoms with van der Waals surface area (Å²) in [5, 5.41) is 10.8. The molecule has 8 nitrogen and oxygen atoms in total. The fraction of sp³-hybridized carbons (Fsp3) is 0.300. The maximum absolute atomic E-state index is 13.3. The number of aryl methyl sites for hydroxylation is 1. The summed E-state index contributed by atoms with van der Waals surface area (Å²) < 4.78 is 65.7. The van der Waals surface area contributed by atoms with Crippen molar-refractivity contribution < 1.29 is 31.2 Å². The van der Waals surface area contributed by atoms with Gasteiger partial charge in [0.2, 0.25) is 11.8 Å². The van der Waals surface area contributed by atoms with Crippen LogP contribution in [-0.2, 0) is 25.8 Å². The molecule has 0 unspecified atom stereocenters. The molecule has 1 heterocycles. The van der Waals surface area contributed by atoms with Crippen LogP contribution in [0.1, 0.15) is 37.1 Å². The molecule has 0 aliphatic heterocycles. The number of carbonyl (C=O) groups is 2. The van der Waals surface area contributed by atoms with Gasteiger partial charge in [-0.05, 0) is 43.7 Å². The first-order chi connectivity index (χ1) is 15.3. The lowest BCUT2D eigenvalue weighted by Crippen LogP contribution is -2.28. The number of sulfonamides is 1. The van der Waals surface area contributed by atoms with Gasteiger partial charge in [-0.25, -0.2) is 18.1 Å². The Morgan fingerprint density at radius 3 is 2.33 bits per heavy atom. The number of carbonyl (C=O) groups excluding carboxylic acids is 2. The number of benzene rings is 1. The number of amides is 2. The molecule has 0 saturated heterocycles. The normalized spacial score (nSPS) is 12.5. The van der Waals surface area contributed by atoms with Crippen molar-refractivity contribution in [1.82, 2.24) is 9.71 Å². The zero-order valence-electron chi connectivity index (χ0n) is 17.6. The highest BCUT2D eigenvalue weighted by Gasteiger charge is 2.36. The van der Waals surface area contributed by atoms with Crippen LogP contribution in [0.4, 0.5) is 18.9 Å². The number of pyridine rings is 1. The van der Waals surface area contributed by atoms with E-state index in [9.17, 15) is 36.4 Å². The van der Waals surface area contributed by atoms with Crippen LogP contribution in [0.15, 0.2) is 40.3 Å². The number of rotatable bonds is 7. The Labute approximate surface area is 192 Å². The molecule has 2 amide bonds. The molecule has 1 atom stereocenters. The average molecular weight is 501 g/mol. The van der Waals surface area contributed by atoms with E-state index in [-0.39, 0.29) is 27.7 Å². The van der Waals surface area contributed by atoms with Crippen LogP contribution in [0.25, 0.3) is 0 Å². The van der Waals surface area contributed by atoms with E-state index in [0.29, 0.717) is 0 Å². The molecule has 2 rings (SSSR count). The summed E-state index contributed by atoms with van der Waals surface area (Å²) in [4.78, 5) is 27.5. The predicted octanol–water partition coefficient (Wildman–Crippen LogP) is 3.61. The lowest BCUT2D eigenvalue weighted by atomic mass is 10.1. The van der Waals surface area contributed by atoms with Crippen molar-refractivity contribution in [1.29, 1.82) is 5.26 Å². The van der Waals surface area contributed by atoms with Crippen LogP contribution in [-0.4, -0.2) is 30.5 Å². The number of nitriles is 1. The molecule has 2 aromatic rings. The van der Waals surface area contributed by atoms with Gasteiger partial charge in [0.15, 0.2) is 0 Å². The van der Waals surface area contributed by atoms with E-state index in [4.69, 9.17) is 0 Å². The van der Waals surface area contributed by atoms with Crippen molar-refractivity contribution in [2.24, 2.45) is 0 Å². The summed E-state index contributed by atoms with van der Waals surface area (Å²) in [7, 11) is -4.04. The highest BCUT2D eigenvalue weighted by molar-refractivity contribution is 8.00. The molecule has 0 aliphatic rings. The predicted molar refractivity (Wildman–Crippen MR) is 115 cm³/mol. The van der Waals surface area contributed by atoms with Crippen LogP contribution in [0.3, 0.4) is 0 Å². The first-order valence-corrected chi connectivity index (χ1v) is 11.7. The third-order valence-corrected chi connectivity index (χ3v) is 6.96. The fourth-order valence-electron chi connectivity index (χ4n) is 2.71. The highest BCUT2D eigenvalue weighted by Crippen LogP contribution is 2.37. The second-order valence-corrected chi connectivity index (χ2v) is 9.66. The second-order valence-electron chi connectivity index (χ2n) is 6.79. The molecule has 0 spiro atoms. The van der Waals surface area contributed by atoms with Gasteiger partial charge in [-0.15, -0.1) is 0 Å². The Bertz CT molecular complexity index is 1210. The molecule has 1 aromatic heterocycles. The number of alkyl halides is 3. The summed E-state index contributed by atoms with van der Waals surface area (Å²) >= 11 is 0.737. The molecule has 0 saturated carbocycles. The topological polar surface area (TPSA) is 129 Å². The minimum Gasteiger partial charge on any atom is -0.325 e. The molecule has 176 valence electrons. The van der Waals surface area contributed by atoms with Crippen LogP contribution >= 0.6 is 11.8 Å². The Morgan fingerprint density at radius 2 is 1.85 bits per heavy atom. The van der Waals surface area contributed by atoms with Gasteiger partial charge in [0.1, 0.15) is 11.1 Å². The molecule has 0 fully saturated rings. The van der Waals surface area contributed by atoms with Crippen LogP contribution < -0.4 is 10.0 Å². The smallest absolute Gasteiger partial charge is 0.325 e. The minimum absolute atomic E-state index is 0.0510. The molecule has 1 aromatic carbocycles. The van der Waals surface area contributed by atoms with Crippen LogP contribution in [0, 0.1) is 18.3 Å². The molecular formula is C20H19F3N4O4S2. The molecular weight excluding hydrogens is 481 g/mol. The summed E-state index contributed by atoms with van der Waals surface area (Å²) in [6.45, 7) is 4.05. The first-order valence-electron chi connectivity index (χ1n) is 9.38. The molecule has 13 heteroatoms.